The van der Waals surface area contributed by atoms with Gasteiger partial charge in [0.05, 0.1) is 0 Å². The van der Waals surface area contributed by atoms with Gasteiger partial charge >= 0.3 is 0 Å². The highest BCUT2D eigenvalue weighted by Crippen LogP contribution is 2.56. The topological polar surface area (TPSA) is 56.4 Å². The number of rotatable bonds is 2. The zero-order valence-corrected chi connectivity index (χ0v) is 13.5. The molecule has 124 valence electrons. The number of carbonyl (C=O) groups is 2. The SMILES string of the molecule is O=C(c1ccc[nH]1)N1CCCN(C(=O)C2[C@H]3CCCC[C@@H]23)CC1. The van der Waals surface area contributed by atoms with Gasteiger partial charge in [0.15, 0.2) is 0 Å². The van der Waals surface area contributed by atoms with Gasteiger partial charge in [-0.15, -0.1) is 0 Å². The van der Waals surface area contributed by atoms with Crippen LogP contribution in [-0.4, -0.2) is 52.8 Å². The Labute approximate surface area is 137 Å². The van der Waals surface area contributed by atoms with E-state index in [4.69, 9.17) is 0 Å². The molecule has 0 bridgehead atoms. The first-order chi connectivity index (χ1) is 11.3. The van der Waals surface area contributed by atoms with Crippen molar-refractivity contribution in [3.63, 3.8) is 0 Å². The van der Waals surface area contributed by atoms with Gasteiger partial charge in [-0.25, -0.2) is 0 Å². The lowest BCUT2D eigenvalue weighted by Crippen LogP contribution is -2.38. The van der Waals surface area contributed by atoms with Gasteiger partial charge in [0.2, 0.25) is 5.91 Å². The Morgan fingerprint density at radius 1 is 0.957 bits per heavy atom. The summed E-state index contributed by atoms with van der Waals surface area (Å²) in [6, 6.07) is 3.65. The molecule has 1 N–H and O–H groups in total. The predicted molar refractivity (Wildman–Crippen MR) is 86.8 cm³/mol. The summed E-state index contributed by atoms with van der Waals surface area (Å²) in [6.07, 6.45) is 7.72. The second-order valence-electron chi connectivity index (χ2n) is 7.19. The first-order valence-corrected chi connectivity index (χ1v) is 8.97. The largest absolute Gasteiger partial charge is 0.357 e. The molecule has 2 saturated carbocycles. The molecule has 4 rings (SSSR count). The van der Waals surface area contributed by atoms with Crippen LogP contribution in [0.25, 0.3) is 0 Å². The number of H-pyrrole nitrogens is 1. The van der Waals surface area contributed by atoms with Crippen LogP contribution in [0.15, 0.2) is 18.3 Å². The van der Waals surface area contributed by atoms with Crippen LogP contribution >= 0.6 is 0 Å². The Balaban J connectivity index is 1.36. The molecule has 1 aromatic heterocycles. The molecule has 5 heteroatoms. The van der Waals surface area contributed by atoms with Crippen molar-refractivity contribution < 1.29 is 9.59 Å². The van der Waals surface area contributed by atoms with Crippen LogP contribution in [0.5, 0.6) is 0 Å². The highest BCUT2D eigenvalue weighted by molar-refractivity contribution is 5.92. The van der Waals surface area contributed by atoms with Crippen molar-refractivity contribution in [2.45, 2.75) is 32.1 Å². The van der Waals surface area contributed by atoms with Gasteiger partial charge in [-0.1, -0.05) is 12.8 Å². The molecular weight excluding hydrogens is 290 g/mol. The molecule has 1 unspecified atom stereocenters. The first-order valence-electron chi connectivity index (χ1n) is 8.97. The monoisotopic (exact) mass is 315 g/mol. The summed E-state index contributed by atoms with van der Waals surface area (Å²) in [5.41, 5.74) is 0.637. The van der Waals surface area contributed by atoms with Crippen molar-refractivity contribution in [2.75, 3.05) is 26.2 Å². The summed E-state index contributed by atoms with van der Waals surface area (Å²) in [5, 5.41) is 0. The third kappa shape index (κ3) is 2.77. The number of nitrogens with zero attached hydrogens (tertiary/aromatic N) is 2. The standard InChI is InChI=1S/C18H25N3O2/c22-17(15-7-3-8-19-15)20-9-4-10-21(12-11-20)18(23)16-13-5-1-2-6-14(13)16/h3,7-8,13-14,16,19H,1-2,4-6,9-12H2/t13-,14+,16?. The minimum absolute atomic E-state index is 0.0457. The molecule has 3 fully saturated rings. The van der Waals surface area contributed by atoms with E-state index in [0.717, 1.165) is 19.5 Å². The van der Waals surface area contributed by atoms with Gasteiger partial charge in [-0.2, -0.15) is 0 Å². The molecule has 3 atom stereocenters. The number of aromatic nitrogens is 1. The Hall–Kier alpha value is -1.78. The van der Waals surface area contributed by atoms with E-state index < -0.39 is 0 Å². The highest BCUT2D eigenvalue weighted by Gasteiger charge is 2.55. The van der Waals surface area contributed by atoms with E-state index in [0.29, 0.717) is 42.4 Å². The predicted octanol–water partition coefficient (Wildman–Crippen LogP) is 2.13. The lowest BCUT2D eigenvalue weighted by molar-refractivity contribution is -0.133. The number of aromatic amines is 1. The summed E-state index contributed by atoms with van der Waals surface area (Å²) >= 11 is 0. The smallest absolute Gasteiger partial charge is 0.270 e. The van der Waals surface area contributed by atoms with Crippen LogP contribution in [0.1, 0.15) is 42.6 Å². The molecule has 5 nitrogen and oxygen atoms in total. The van der Waals surface area contributed by atoms with Crippen molar-refractivity contribution >= 4 is 11.8 Å². The van der Waals surface area contributed by atoms with Crippen molar-refractivity contribution in [1.29, 1.82) is 0 Å². The van der Waals surface area contributed by atoms with Crippen molar-refractivity contribution in [2.24, 2.45) is 17.8 Å². The van der Waals surface area contributed by atoms with E-state index in [2.05, 4.69) is 4.98 Å². The summed E-state index contributed by atoms with van der Waals surface area (Å²) in [6.45, 7) is 2.86. The molecule has 2 heterocycles. The molecule has 2 aliphatic carbocycles. The zero-order valence-electron chi connectivity index (χ0n) is 13.5. The van der Waals surface area contributed by atoms with Gasteiger partial charge in [0.25, 0.3) is 5.91 Å². The molecular formula is C18H25N3O2. The van der Waals surface area contributed by atoms with Gasteiger partial charge < -0.3 is 14.8 Å². The summed E-state index contributed by atoms with van der Waals surface area (Å²) in [4.78, 5) is 32.1. The van der Waals surface area contributed by atoms with E-state index in [1.165, 1.54) is 25.7 Å². The second-order valence-corrected chi connectivity index (χ2v) is 7.19. The third-order valence-electron chi connectivity index (χ3n) is 5.86. The minimum Gasteiger partial charge on any atom is -0.357 e. The van der Waals surface area contributed by atoms with Crippen LogP contribution in [0, 0.1) is 17.8 Å². The van der Waals surface area contributed by atoms with Gasteiger partial charge in [-0.3, -0.25) is 9.59 Å². The van der Waals surface area contributed by atoms with Gasteiger partial charge in [0.1, 0.15) is 5.69 Å². The summed E-state index contributed by atoms with van der Waals surface area (Å²) in [5.74, 6) is 2.02. The van der Waals surface area contributed by atoms with Crippen LogP contribution in [0.3, 0.4) is 0 Å². The van der Waals surface area contributed by atoms with Crippen molar-refractivity contribution in [3.05, 3.63) is 24.0 Å². The summed E-state index contributed by atoms with van der Waals surface area (Å²) < 4.78 is 0. The molecule has 0 spiro atoms. The van der Waals surface area contributed by atoms with E-state index in [1.54, 1.807) is 6.20 Å². The average Bonchev–Trinajstić information content (AvgIpc) is 3.16. The van der Waals surface area contributed by atoms with Crippen LogP contribution in [-0.2, 0) is 4.79 Å². The van der Waals surface area contributed by atoms with Crippen LogP contribution in [0.2, 0.25) is 0 Å². The molecule has 3 aliphatic rings. The van der Waals surface area contributed by atoms with Crippen molar-refractivity contribution in [3.8, 4) is 0 Å². The molecule has 0 aromatic carbocycles. The second kappa shape index (κ2) is 6.02. The average molecular weight is 315 g/mol. The maximum Gasteiger partial charge on any atom is 0.270 e. The van der Waals surface area contributed by atoms with Crippen LogP contribution < -0.4 is 0 Å². The lowest BCUT2D eigenvalue weighted by atomic mass is 10.0. The fourth-order valence-electron chi connectivity index (χ4n) is 4.54. The third-order valence-corrected chi connectivity index (χ3v) is 5.86. The minimum atomic E-state index is 0.0457. The van der Waals surface area contributed by atoms with Gasteiger partial charge in [0, 0.05) is 38.3 Å². The fourth-order valence-corrected chi connectivity index (χ4v) is 4.54. The van der Waals surface area contributed by atoms with E-state index in [1.807, 2.05) is 21.9 Å². The number of hydrogen-bond donors (Lipinski definition) is 1. The molecule has 2 amide bonds. The number of fused-ring (bicyclic) bond motifs is 1. The fraction of sp³-hybridized carbons (Fsp3) is 0.667. The molecule has 1 saturated heterocycles. The number of nitrogens with one attached hydrogen (secondary N) is 1. The van der Waals surface area contributed by atoms with E-state index in [-0.39, 0.29) is 5.91 Å². The Bertz CT molecular complexity index is 571. The first kappa shape index (κ1) is 14.8. The molecule has 1 aliphatic heterocycles. The van der Waals surface area contributed by atoms with E-state index >= 15 is 0 Å². The molecule has 1 aromatic rings. The number of amides is 2. The number of carbonyl (C=O) groups excluding carboxylic acids is 2. The Kier molecular flexibility index (Phi) is 3.87. The Morgan fingerprint density at radius 2 is 1.65 bits per heavy atom. The quantitative estimate of drug-likeness (QED) is 0.909. The van der Waals surface area contributed by atoms with E-state index in [9.17, 15) is 9.59 Å². The molecule has 0 radical (unpaired) electrons. The normalized spacial score (nSPS) is 30.5. The lowest BCUT2D eigenvalue weighted by Gasteiger charge is -2.22. The van der Waals surface area contributed by atoms with Gasteiger partial charge in [-0.05, 0) is 43.2 Å². The highest BCUT2D eigenvalue weighted by atomic mass is 16.2. The number of hydrogen-bond acceptors (Lipinski definition) is 2. The summed E-state index contributed by atoms with van der Waals surface area (Å²) in [7, 11) is 0. The van der Waals surface area contributed by atoms with Crippen LogP contribution in [0.4, 0.5) is 0 Å². The maximum atomic E-state index is 12.8. The molecule has 23 heavy (non-hydrogen) atoms. The maximum absolute atomic E-state index is 12.8. The van der Waals surface area contributed by atoms with Crippen molar-refractivity contribution in [1.82, 2.24) is 14.8 Å². The zero-order chi connectivity index (χ0) is 15.8. The Morgan fingerprint density at radius 3 is 2.35 bits per heavy atom.